The van der Waals surface area contributed by atoms with E-state index >= 15 is 0 Å². The molecule has 0 fully saturated rings. The molecule has 7 heteroatoms. The second-order valence-electron chi connectivity index (χ2n) is 3.98. The van der Waals surface area contributed by atoms with E-state index in [0.717, 1.165) is 29.6 Å². The number of hydrogen-bond acceptors (Lipinski definition) is 5. The molecule has 0 aliphatic heterocycles. The number of nitriles is 1. The van der Waals surface area contributed by atoms with Crippen LogP contribution in [0.15, 0.2) is 21.5 Å². The summed E-state index contributed by atoms with van der Waals surface area (Å²) in [6.07, 6.45) is 6.96. The van der Waals surface area contributed by atoms with Gasteiger partial charge in [-0.2, -0.15) is 17.0 Å². The van der Waals surface area contributed by atoms with Crippen molar-refractivity contribution >= 4 is 17.7 Å². The number of guanidine groups is 1. The van der Waals surface area contributed by atoms with Crippen LogP contribution in [-0.2, 0) is 12.3 Å². The van der Waals surface area contributed by atoms with E-state index in [9.17, 15) is 0 Å². The fourth-order valence-electron chi connectivity index (χ4n) is 1.49. The maximum atomic E-state index is 8.58. The number of terminal acetylenes is 1. The minimum absolute atomic E-state index is 0.335. The van der Waals surface area contributed by atoms with Crippen LogP contribution in [0.3, 0.4) is 0 Å². The molecule has 1 aromatic heterocycles. The Kier molecular flexibility index (Phi) is 8.62. The molecular formula is C14H19N5OS. The van der Waals surface area contributed by atoms with Crippen LogP contribution in [0.4, 0.5) is 0 Å². The third kappa shape index (κ3) is 7.31. The SMILES string of the molecule is C#CCNC(=NCCSCc1ccc(CNC)o1)NC#N. The summed E-state index contributed by atoms with van der Waals surface area (Å²) < 4.78 is 5.63. The Bertz CT molecular complexity index is 526. The van der Waals surface area contributed by atoms with Crippen molar-refractivity contribution in [3.8, 4) is 18.5 Å². The largest absolute Gasteiger partial charge is 0.464 e. The van der Waals surface area contributed by atoms with E-state index in [1.807, 2.05) is 25.4 Å². The van der Waals surface area contributed by atoms with Gasteiger partial charge in [-0.1, -0.05) is 5.92 Å². The Morgan fingerprint density at radius 1 is 1.48 bits per heavy atom. The highest BCUT2D eigenvalue weighted by Crippen LogP contribution is 2.15. The highest BCUT2D eigenvalue weighted by molar-refractivity contribution is 7.98. The Morgan fingerprint density at radius 3 is 3.00 bits per heavy atom. The second kappa shape index (κ2) is 10.7. The number of hydrogen-bond donors (Lipinski definition) is 3. The van der Waals surface area contributed by atoms with Gasteiger partial charge in [-0.15, -0.1) is 6.42 Å². The third-order valence-electron chi connectivity index (χ3n) is 2.35. The molecule has 0 aliphatic carbocycles. The summed E-state index contributed by atoms with van der Waals surface area (Å²) in [5, 5.41) is 16.9. The zero-order valence-corrected chi connectivity index (χ0v) is 12.8. The molecule has 0 radical (unpaired) electrons. The molecule has 0 aromatic carbocycles. The molecule has 0 amide bonds. The van der Waals surface area contributed by atoms with Crippen molar-refractivity contribution in [2.75, 3.05) is 25.9 Å². The van der Waals surface area contributed by atoms with Crippen molar-refractivity contribution in [3.63, 3.8) is 0 Å². The number of rotatable bonds is 8. The van der Waals surface area contributed by atoms with Gasteiger partial charge in [-0.3, -0.25) is 10.3 Å². The fourth-order valence-corrected chi connectivity index (χ4v) is 2.21. The van der Waals surface area contributed by atoms with Crippen LogP contribution in [0.2, 0.25) is 0 Å². The zero-order valence-electron chi connectivity index (χ0n) is 12.0. The molecule has 1 rings (SSSR count). The fraction of sp³-hybridized carbons (Fsp3) is 0.429. The van der Waals surface area contributed by atoms with Gasteiger partial charge in [0.2, 0.25) is 5.96 Å². The topological polar surface area (TPSA) is 85.4 Å². The summed E-state index contributed by atoms with van der Waals surface area (Å²) in [6.45, 7) is 1.66. The lowest BCUT2D eigenvalue weighted by molar-refractivity contribution is 0.469. The van der Waals surface area contributed by atoms with E-state index in [4.69, 9.17) is 16.1 Å². The van der Waals surface area contributed by atoms with Crippen LogP contribution in [-0.4, -0.2) is 31.8 Å². The Morgan fingerprint density at radius 2 is 2.29 bits per heavy atom. The van der Waals surface area contributed by atoms with Crippen molar-refractivity contribution in [1.29, 1.82) is 5.26 Å². The molecule has 0 saturated heterocycles. The van der Waals surface area contributed by atoms with Crippen molar-refractivity contribution in [2.45, 2.75) is 12.3 Å². The zero-order chi connectivity index (χ0) is 15.3. The molecule has 6 nitrogen and oxygen atoms in total. The van der Waals surface area contributed by atoms with Crippen molar-refractivity contribution in [1.82, 2.24) is 16.0 Å². The first kappa shape index (κ1) is 17.0. The average Bonchev–Trinajstić information content (AvgIpc) is 2.92. The molecule has 0 unspecified atom stereocenters. The lowest BCUT2D eigenvalue weighted by Crippen LogP contribution is -2.34. The van der Waals surface area contributed by atoms with E-state index in [0.29, 0.717) is 19.0 Å². The quantitative estimate of drug-likeness (QED) is 0.165. The molecule has 3 N–H and O–H groups in total. The third-order valence-corrected chi connectivity index (χ3v) is 3.31. The second-order valence-corrected chi connectivity index (χ2v) is 5.08. The first-order valence-corrected chi connectivity index (χ1v) is 7.62. The Labute approximate surface area is 129 Å². The van der Waals surface area contributed by atoms with Crippen LogP contribution >= 0.6 is 11.8 Å². The van der Waals surface area contributed by atoms with Gasteiger partial charge < -0.3 is 15.1 Å². The molecule has 0 spiro atoms. The molecular weight excluding hydrogens is 286 g/mol. The highest BCUT2D eigenvalue weighted by Gasteiger charge is 2.01. The van der Waals surface area contributed by atoms with Crippen LogP contribution in [0.1, 0.15) is 11.5 Å². The van der Waals surface area contributed by atoms with Crippen molar-refractivity contribution in [2.24, 2.45) is 4.99 Å². The van der Waals surface area contributed by atoms with Gasteiger partial charge in [0, 0.05) is 5.75 Å². The van der Waals surface area contributed by atoms with Crippen molar-refractivity contribution in [3.05, 3.63) is 23.7 Å². The summed E-state index contributed by atoms with van der Waals surface area (Å²) in [5.41, 5.74) is 0. The summed E-state index contributed by atoms with van der Waals surface area (Å²) in [4.78, 5) is 4.23. The van der Waals surface area contributed by atoms with Gasteiger partial charge in [0.05, 0.1) is 25.4 Å². The first-order valence-electron chi connectivity index (χ1n) is 6.47. The lowest BCUT2D eigenvalue weighted by Gasteiger charge is -2.04. The molecule has 1 aromatic rings. The molecule has 0 aliphatic rings. The molecule has 0 atom stereocenters. The lowest BCUT2D eigenvalue weighted by atomic mass is 10.4. The number of thioether (sulfide) groups is 1. The summed E-state index contributed by atoms with van der Waals surface area (Å²) in [6, 6.07) is 3.96. The van der Waals surface area contributed by atoms with Crippen LogP contribution in [0.25, 0.3) is 0 Å². The molecule has 1 heterocycles. The maximum Gasteiger partial charge on any atom is 0.205 e. The standard InChI is InChI=1S/C14H19N5OS/c1-3-6-17-14(19-11-15)18-7-8-21-10-13-5-4-12(20-13)9-16-2/h1,4-5,16H,6-10H2,2H3,(H2,17,18,19). The van der Waals surface area contributed by atoms with E-state index in [-0.39, 0.29) is 0 Å². The normalized spacial score (nSPS) is 10.7. The summed E-state index contributed by atoms with van der Waals surface area (Å²) in [7, 11) is 1.88. The van der Waals surface area contributed by atoms with Gasteiger partial charge in [0.1, 0.15) is 11.5 Å². The van der Waals surface area contributed by atoms with E-state index in [1.165, 1.54) is 0 Å². The van der Waals surface area contributed by atoms with Gasteiger partial charge in [-0.05, 0) is 19.2 Å². The summed E-state index contributed by atoms with van der Waals surface area (Å²) in [5.74, 6) is 6.36. The number of nitrogens with one attached hydrogen (secondary N) is 3. The number of nitrogens with zero attached hydrogens (tertiary/aromatic N) is 2. The predicted octanol–water partition coefficient (Wildman–Crippen LogP) is 0.882. The molecule has 0 bridgehead atoms. The van der Waals surface area contributed by atoms with Gasteiger partial charge in [0.15, 0.2) is 6.19 Å². The minimum Gasteiger partial charge on any atom is -0.464 e. The van der Waals surface area contributed by atoms with E-state index in [2.05, 4.69) is 26.9 Å². The van der Waals surface area contributed by atoms with Crippen LogP contribution in [0, 0.1) is 23.8 Å². The molecule has 112 valence electrons. The van der Waals surface area contributed by atoms with Gasteiger partial charge in [-0.25, -0.2) is 0 Å². The molecule has 21 heavy (non-hydrogen) atoms. The summed E-state index contributed by atoms with van der Waals surface area (Å²) >= 11 is 1.72. The van der Waals surface area contributed by atoms with Crippen molar-refractivity contribution < 1.29 is 4.42 Å². The average molecular weight is 305 g/mol. The maximum absolute atomic E-state index is 8.58. The monoisotopic (exact) mass is 305 g/mol. The van der Waals surface area contributed by atoms with Crippen LogP contribution in [0.5, 0.6) is 0 Å². The van der Waals surface area contributed by atoms with Gasteiger partial charge in [0.25, 0.3) is 0 Å². The number of furan rings is 1. The predicted molar refractivity (Wildman–Crippen MR) is 85.5 cm³/mol. The molecule has 0 saturated carbocycles. The minimum atomic E-state index is 0.335. The van der Waals surface area contributed by atoms with E-state index in [1.54, 1.807) is 11.8 Å². The van der Waals surface area contributed by atoms with E-state index < -0.39 is 0 Å². The highest BCUT2D eigenvalue weighted by atomic mass is 32.2. The first-order chi connectivity index (χ1) is 10.3. The van der Waals surface area contributed by atoms with Gasteiger partial charge >= 0.3 is 0 Å². The smallest absolute Gasteiger partial charge is 0.205 e. The Balaban J connectivity index is 2.25. The Hall–Kier alpha value is -2.09. The number of aliphatic imine (C=N–C) groups is 1. The van der Waals surface area contributed by atoms with Crippen LogP contribution < -0.4 is 16.0 Å².